The van der Waals surface area contributed by atoms with Crippen molar-refractivity contribution in [3.05, 3.63) is 23.8 Å². The van der Waals surface area contributed by atoms with Crippen LogP contribution in [-0.2, 0) is 4.74 Å². The van der Waals surface area contributed by atoms with Crippen LogP contribution in [0.1, 0.15) is 36.5 Å². The van der Waals surface area contributed by atoms with Crippen molar-refractivity contribution in [2.75, 3.05) is 24.3 Å². The topological polar surface area (TPSA) is 55.6 Å². The number of ether oxygens (including phenoxy) is 1. The SMILES string of the molecule is CCC1CCCN1c1cc(C(=O)OC)ccc1N. The molecule has 0 aromatic heterocycles. The number of nitrogens with zero attached hydrogens (tertiary/aromatic N) is 1. The summed E-state index contributed by atoms with van der Waals surface area (Å²) < 4.78 is 4.75. The molecule has 1 heterocycles. The summed E-state index contributed by atoms with van der Waals surface area (Å²) in [6, 6.07) is 5.86. The second-order valence-corrected chi connectivity index (χ2v) is 4.66. The van der Waals surface area contributed by atoms with Gasteiger partial charge in [-0.05, 0) is 37.5 Å². The second kappa shape index (κ2) is 5.29. The maximum absolute atomic E-state index is 11.6. The fourth-order valence-electron chi connectivity index (χ4n) is 2.61. The van der Waals surface area contributed by atoms with E-state index in [4.69, 9.17) is 10.5 Å². The van der Waals surface area contributed by atoms with Gasteiger partial charge in [0, 0.05) is 12.6 Å². The zero-order valence-electron chi connectivity index (χ0n) is 11.0. The third-order valence-corrected chi connectivity index (χ3v) is 3.61. The Hall–Kier alpha value is -1.71. The number of nitrogens with two attached hydrogens (primary N) is 1. The van der Waals surface area contributed by atoms with Gasteiger partial charge in [-0.3, -0.25) is 0 Å². The van der Waals surface area contributed by atoms with E-state index in [1.54, 1.807) is 12.1 Å². The van der Waals surface area contributed by atoms with Crippen molar-refractivity contribution in [1.29, 1.82) is 0 Å². The van der Waals surface area contributed by atoms with E-state index in [0.29, 0.717) is 11.6 Å². The molecule has 1 fully saturated rings. The van der Waals surface area contributed by atoms with Gasteiger partial charge in [-0.15, -0.1) is 0 Å². The van der Waals surface area contributed by atoms with Crippen LogP contribution in [0.2, 0.25) is 0 Å². The highest BCUT2D eigenvalue weighted by Crippen LogP contribution is 2.32. The zero-order valence-corrected chi connectivity index (χ0v) is 11.0. The van der Waals surface area contributed by atoms with Gasteiger partial charge in [0.05, 0.1) is 24.0 Å². The molecule has 0 radical (unpaired) electrons. The van der Waals surface area contributed by atoms with E-state index >= 15 is 0 Å². The maximum atomic E-state index is 11.6. The predicted octanol–water partition coefficient (Wildman–Crippen LogP) is 2.43. The first-order valence-corrected chi connectivity index (χ1v) is 6.41. The lowest BCUT2D eigenvalue weighted by Crippen LogP contribution is -2.29. The van der Waals surface area contributed by atoms with Crippen molar-refractivity contribution in [3.63, 3.8) is 0 Å². The maximum Gasteiger partial charge on any atom is 0.337 e. The van der Waals surface area contributed by atoms with E-state index in [-0.39, 0.29) is 5.97 Å². The Labute approximate surface area is 108 Å². The van der Waals surface area contributed by atoms with E-state index in [1.165, 1.54) is 20.0 Å². The molecule has 1 aliphatic heterocycles. The van der Waals surface area contributed by atoms with Crippen LogP contribution >= 0.6 is 0 Å². The van der Waals surface area contributed by atoms with E-state index < -0.39 is 0 Å². The Morgan fingerprint density at radius 2 is 2.33 bits per heavy atom. The van der Waals surface area contributed by atoms with Gasteiger partial charge in [-0.25, -0.2) is 4.79 Å². The van der Waals surface area contributed by atoms with Crippen LogP contribution in [0.25, 0.3) is 0 Å². The number of hydrogen-bond acceptors (Lipinski definition) is 4. The molecule has 1 aliphatic rings. The molecule has 0 spiro atoms. The minimum absolute atomic E-state index is 0.316. The summed E-state index contributed by atoms with van der Waals surface area (Å²) >= 11 is 0. The predicted molar refractivity (Wildman–Crippen MR) is 72.9 cm³/mol. The van der Waals surface area contributed by atoms with E-state index in [9.17, 15) is 4.79 Å². The van der Waals surface area contributed by atoms with Gasteiger partial charge in [0.15, 0.2) is 0 Å². The lowest BCUT2D eigenvalue weighted by atomic mass is 10.1. The van der Waals surface area contributed by atoms with Crippen LogP contribution in [-0.4, -0.2) is 25.7 Å². The molecule has 1 saturated heterocycles. The molecule has 2 N–H and O–H groups in total. The van der Waals surface area contributed by atoms with Crippen molar-refractivity contribution < 1.29 is 9.53 Å². The first-order chi connectivity index (χ1) is 8.67. The Morgan fingerprint density at radius 3 is 3.00 bits per heavy atom. The number of hydrogen-bond donors (Lipinski definition) is 1. The van der Waals surface area contributed by atoms with Crippen molar-refractivity contribution >= 4 is 17.3 Å². The average molecular weight is 248 g/mol. The molecule has 1 aromatic carbocycles. The molecular weight excluding hydrogens is 228 g/mol. The minimum Gasteiger partial charge on any atom is -0.465 e. The number of carbonyl (C=O) groups is 1. The Kier molecular flexibility index (Phi) is 3.75. The van der Waals surface area contributed by atoms with Crippen LogP contribution in [0, 0.1) is 0 Å². The van der Waals surface area contributed by atoms with Crippen molar-refractivity contribution in [2.24, 2.45) is 0 Å². The first-order valence-electron chi connectivity index (χ1n) is 6.41. The van der Waals surface area contributed by atoms with Crippen molar-refractivity contribution in [3.8, 4) is 0 Å². The fraction of sp³-hybridized carbons (Fsp3) is 0.500. The Bertz CT molecular complexity index is 445. The summed E-state index contributed by atoms with van der Waals surface area (Å²) in [6.07, 6.45) is 3.47. The summed E-state index contributed by atoms with van der Waals surface area (Å²) in [4.78, 5) is 13.9. The number of rotatable bonds is 3. The molecule has 1 aromatic rings. The van der Waals surface area contributed by atoms with Gasteiger partial charge in [0.25, 0.3) is 0 Å². The summed E-state index contributed by atoms with van der Waals surface area (Å²) in [5.41, 5.74) is 8.28. The van der Waals surface area contributed by atoms with E-state index in [1.807, 2.05) is 6.07 Å². The second-order valence-electron chi connectivity index (χ2n) is 4.66. The molecule has 2 rings (SSSR count). The number of carbonyl (C=O) groups excluding carboxylic acids is 1. The average Bonchev–Trinajstić information content (AvgIpc) is 2.86. The van der Waals surface area contributed by atoms with Crippen LogP contribution in [0.3, 0.4) is 0 Å². The number of nitrogen functional groups attached to an aromatic ring is 1. The molecule has 98 valence electrons. The van der Waals surface area contributed by atoms with Crippen LogP contribution in [0.5, 0.6) is 0 Å². The van der Waals surface area contributed by atoms with Gasteiger partial charge in [-0.2, -0.15) is 0 Å². The molecule has 0 saturated carbocycles. The highest BCUT2D eigenvalue weighted by atomic mass is 16.5. The van der Waals surface area contributed by atoms with Gasteiger partial charge < -0.3 is 15.4 Å². The molecule has 0 aliphatic carbocycles. The fourth-order valence-corrected chi connectivity index (χ4v) is 2.61. The van der Waals surface area contributed by atoms with Crippen LogP contribution < -0.4 is 10.6 Å². The van der Waals surface area contributed by atoms with Gasteiger partial charge in [0.1, 0.15) is 0 Å². The lowest BCUT2D eigenvalue weighted by Gasteiger charge is -2.27. The summed E-state index contributed by atoms with van der Waals surface area (Å²) in [5, 5.41) is 0. The molecular formula is C14H20N2O2. The third-order valence-electron chi connectivity index (χ3n) is 3.61. The number of anilines is 2. The Morgan fingerprint density at radius 1 is 1.56 bits per heavy atom. The molecule has 4 heteroatoms. The molecule has 0 amide bonds. The summed E-state index contributed by atoms with van der Waals surface area (Å²) in [7, 11) is 1.39. The molecule has 18 heavy (non-hydrogen) atoms. The highest BCUT2D eigenvalue weighted by Gasteiger charge is 2.25. The Balaban J connectivity index is 2.34. The number of methoxy groups -OCH3 is 1. The van der Waals surface area contributed by atoms with Crippen LogP contribution in [0.4, 0.5) is 11.4 Å². The largest absolute Gasteiger partial charge is 0.465 e. The van der Waals surface area contributed by atoms with Gasteiger partial charge >= 0.3 is 5.97 Å². The molecule has 1 unspecified atom stereocenters. The standard InChI is InChI=1S/C14H20N2O2/c1-3-11-5-4-8-16(11)13-9-10(14(17)18-2)6-7-12(13)15/h6-7,9,11H,3-5,8,15H2,1-2H3. The zero-order chi connectivity index (χ0) is 13.1. The quantitative estimate of drug-likeness (QED) is 0.659. The van der Waals surface area contributed by atoms with E-state index in [0.717, 1.165) is 24.3 Å². The van der Waals surface area contributed by atoms with Gasteiger partial charge in [0.2, 0.25) is 0 Å². The molecule has 1 atom stereocenters. The lowest BCUT2D eigenvalue weighted by molar-refractivity contribution is 0.0601. The number of esters is 1. The highest BCUT2D eigenvalue weighted by molar-refractivity contribution is 5.92. The van der Waals surface area contributed by atoms with Crippen molar-refractivity contribution in [1.82, 2.24) is 0 Å². The smallest absolute Gasteiger partial charge is 0.337 e. The first kappa shape index (κ1) is 12.7. The summed E-state index contributed by atoms with van der Waals surface area (Å²) in [6.45, 7) is 3.19. The van der Waals surface area contributed by atoms with Gasteiger partial charge in [-0.1, -0.05) is 6.92 Å². The van der Waals surface area contributed by atoms with Crippen molar-refractivity contribution in [2.45, 2.75) is 32.2 Å². The third kappa shape index (κ3) is 2.28. The monoisotopic (exact) mass is 248 g/mol. The molecule has 0 bridgehead atoms. The minimum atomic E-state index is -0.316. The van der Waals surface area contributed by atoms with Crippen LogP contribution in [0.15, 0.2) is 18.2 Å². The van der Waals surface area contributed by atoms with E-state index in [2.05, 4.69) is 11.8 Å². The number of benzene rings is 1. The molecule has 4 nitrogen and oxygen atoms in total. The normalized spacial score (nSPS) is 19.0. The summed E-state index contributed by atoms with van der Waals surface area (Å²) in [5.74, 6) is -0.316.